The number of non-ortho nitro benzene ring substituents is 1. The highest BCUT2D eigenvalue weighted by molar-refractivity contribution is 6.47. The number of aromatic nitrogens is 2. The summed E-state index contributed by atoms with van der Waals surface area (Å²) < 4.78 is 1.52. The fourth-order valence-corrected chi connectivity index (χ4v) is 2.25. The zero-order valence-corrected chi connectivity index (χ0v) is 13.2. The van der Waals surface area contributed by atoms with E-state index in [9.17, 15) is 19.7 Å². The molecular formula is C15H16N4O4. The maximum absolute atomic E-state index is 12.3. The molecule has 0 saturated carbocycles. The SMILES string of the molecule is Cc1ccc([N+](=O)[O-])cc1NC(=O)C(=O)c1c(C)nn(C)c1C. The first kappa shape index (κ1) is 16.3. The number of hydrogen-bond acceptors (Lipinski definition) is 5. The van der Waals surface area contributed by atoms with Crippen molar-refractivity contribution >= 4 is 23.1 Å². The van der Waals surface area contributed by atoms with Gasteiger partial charge in [-0.2, -0.15) is 5.10 Å². The van der Waals surface area contributed by atoms with Gasteiger partial charge in [-0.05, 0) is 26.3 Å². The zero-order chi connectivity index (χ0) is 17.3. The van der Waals surface area contributed by atoms with Gasteiger partial charge in [0.2, 0.25) is 0 Å². The summed E-state index contributed by atoms with van der Waals surface area (Å²) in [5, 5.41) is 17.4. The molecule has 23 heavy (non-hydrogen) atoms. The summed E-state index contributed by atoms with van der Waals surface area (Å²) >= 11 is 0. The zero-order valence-electron chi connectivity index (χ0n) is 13.2. The number of benzene rings is 1. The summed E-state index contributed by atoms with van der Waals surface area (Å²) in [7, 11) is 1.68. The number of nitrogens with zero attached hydrogens (tertiary/aromatic N) is 3. The normalized spacial score (nSPS) is 10.4. The number of nitrogens with one attached hydrogen (secondary N) is 1. The van der Waals surface area contributed by atoms with Crippen LogP contribution in [0.5, 0.6) is 0 Å². The number of nitro groups is 1. The van der Waals surface area contributed by atoms with E-state index in [1.165, 1.54) is 22.9 Å². The molecule has 0 fully saturated rings. The number of aryl methyl sites for hydroxylation is 3. The number of ketones is 1. The first-order valence-electron chi connectivity index (χ1n) is 6.83. The molecule has 0 unspecified atom stereocenters. The van der Waals surface area contributed by atoms with Gasteiger partial charge in [0, 0.05) is 24.9 Å². The molecule has 1 aromatic carbocycles. The average molecular weight is 316 g/mol. The topological polar surface area (TPSA) is 107 Å². The van der Waals surface area contributed by atoms with Crippen molar-refractivity contribution < 1.29 is 14.5 Å². The lowest BCUT2D eigenvalue weighted by atomic mass is 10.1. The molecule has 1 aromatic heterocycles. The molecule has 2 rings (SSSR count). The van der Waals surface area contributed by atoms with Crippen molar-refractivity contribution in [3.8, 4) is 0 Å². The van der Waals surface area contributed by atoms with Crippen LogP contribution >= 0.6 is 0 Å². The van der Waals surface area contributed by atoms with E-state index >= 15 is 0 Å². The molecular weight excluding hydrogens is 300 g/mol. The number of rotatable bonds is 4. The summed E-state index contributed by atoms with van der Waals surface area (Å²) in [6, 6.07) is 4.07. The first-order chi connectivity index (χ1) is 10.7. The minimum absolute atomic E-state index is 0.160. The summed E-state index contributed by atoms with van der Waals surface area (Å²) in [6.45, 7) is 5.02. The lowest BCUT2D eigenvalue weighted by Gasteiger charge is -2.08. The maximum Gasteiger partial charge on any atom is 0.296 e. The minimum atomic E-state index is -0.854. The Labute approximate surface area is 132 Å². The van der Waals surface area contributed by atoms with Crippen molar-refractivity contribution in [2.24, 2.45) is 7.05 Å². The Morgan fingerprint density at radius 2 is 1.91 bits per heavy atom. The van der Waals surface area contributed by atoms with Gasteiger partial charge in [0.05, 0.1) is 21.9 Å². The Morgan fingerprint density at radius 3 is 2.43 bits per heavy atom. The Hall–Kier alpha value is -3.03. The molecule has 0 spiro atoms. The van der Waals surface area contributed by atoms with Gasteiger partial charge in [0.15, 0.2) is 0 Å². The van der Waals surface area contributed by atoms with Gasteiger partial charge in [-0.15, -0.1) is 0 Å². The number of amides is 1. The quantitative estimate of drug-likeness (QED) is 0.402. The molecule has 0 aliphatic heterocycles. The van der Waals surface area contributed by atoms with Gasteiger partial charge in [0.1, 0.15) is 0 Å². The highest BCUT2D eigenvalue weighted by Gasteiger charge is 2.24. The van der Waals surface area contributed by atoms with Gasteiger partial charge in [-0.3, -0.25) is 24.4 Å². The number of carbonyl (C=O) groups excluding carboxylic acids is 2. The third-order valence-corrected chi connectivity index (χ3v) is 3.62. The Morgan fingerprint density at radius 1 is 1.26 bits per heavy atom. The molecule has 1 N–H and O–H groups in total. The van der Waals surface area contributed by atoms with Crippen molar-refractivity contribution in [3.05, 3.63) is 50.8 Å². The van der Waals surface area contributed by atoms with Crippen LogP contribution in [-0.2, 0) is 11.8 Å². The van der Waals surface area contributed by atoms with Gasteiger partial charge in [0.25, 0.3) is 17.4 Å². The summed E-state index contributed by atoms with van der Waals surface area (Å²) in [6.07, 6.45) is 0. The molecule has 1 heterocycles. The Bertz CT molecular complexity index is 823. The predicted octanol–water partition coefficient (Wildman–Crippen LogP) is 2.07. The van der Waals surface area contributed by atoms with Gasteiger partial charge in [-0.25, -0.2) is 0 Å². The molecule has 0 aliphatic rings. The van der Waals surface area contributed by atoms with Crippen molar-refractivity contribution in [1.29, 1.82) is 0 Å². The van der Waals surface area contributed by atoms with Gasteiger partial charge >= 0.3 is 0 Å². The highest BCUT2D eigenvalue weighted by Crippen LogP contribution is 2.22. The van der Waals surface area contributed by atoms with Crippen LogP contribution < -0.4 is 5.32 Å². The molecule has 8 nitrogen and oxygen atoms in total. The van der Waals surface area contributed by atoms with E-state index in [0.29, 0.717) is 17.0 Å². The fraction of sp³-hybridized carbons (Fsp3) is 0.267. The van der Waals surface area contributed by atoms with Gasteiger partial charge in [-0.1, -0.05) is 6.07 Å². The predicted molar refractivity (Wildman–Crippen MR) is 83.5 cm³/mol. The van der Waals surface area contributed by atoms with E-state index in [0.717, 1.165) is 0 Å². The second-order valence-corrected chi connectivity index (χ2v) is 5.21. The van der Waals surface area contributed by atoms with Crippen LogP contribution in [0.3, 0.4) is 0 Å². The summed E-state index contributed by atoms with van der Waals surface area (Å²) in [5.41, 5.74) is 1.98. The second kappa shape index (κ2) is 5.99. The van der Waals surface area contributed by atoms with Crippen LogP contribution in [0.2, 0.25) is 0 Å². The van der Waals surface area contributed by atoms with Crippen LogP contribution in [-0.4, -0.2) is 26.4 Å². The molecule has 0 bridgehead atoms. The molecule has 0 aliphatic carbocycles. The van der Waals surface area contributed by atoms with Gasteiger partial charge < -0.3 is 5.32 Å². The van der Waals surface area contributed by atoms with E-state index in [2.05, 4.69) is 10.4 Å². The number of Topliss-reactive ketones (excluding diaryl/α,β-unsaturated/α-hetero) is 1. The number of nitro benzene ring substituents is 1. The molecule has 1 amide bonds. The van der Waals surface area contributed by atoms with E-state index in [1.54, 1.807) is 27.8 Å². The number of hydrogen-bond donors (Lipinski definition) is 1. The van der Waals surface area contributed by atoms with E-state index in [-0.39, 0.29) is 16.9 Å². The molecule has 120 valence electrons. The highest BCUT2D eigenvalue weighted by atomic mass is 16.6. The monoisotopic (exact) mass is 316 g/mol. The lowest BCUT2D eigenvalue weighted by Crippen LogP contribution is -2.24. The minimum Gasteiger partial charge on any atom is -0.319 e. The van der Waals surface area contributed by atoms with Crippen molar-refractivity contribution in [2.45, 2.75) is 20.8 Å². The van der Waals surface area contributed by atoms with Crippen LogP contribution in [0, 0.1) is 30.9 Å². The average Bonchev–Trinajstić information content (AvgIpc) is 2.73. The third-order valence-electron chi connectivity index (χ3n) is 3.62. The van der Waals surface area contributed by atoms with Crippen LogP contribution in [0.25, 0.3) is 0 Å². The van der Waals surface area contributed by atoms with Crippen molar-refractivity contribution in [1.82, 2.24) is 9.78 Å². The van der Waals surface area contributed by atoms with Crippen LogP contribution in [0.1, 0.15) is 27.3 Å². The summed E-state index contributed by atoms with van der Waals surface area (Å²) in [4.78, 5) is 34.8. The Kier molecular flexibility index (Phi) is 4.26. The molecule has 0 saturated heterocycles. The lowest BCUT2D eigenvalue weighted by molar-refractivity contribution is -0.384. The molecule has 8 heteroatoms. The molecule has 0 radical (unpaired) electrons. The number of carbonyl (C=O) groups is 2. The third kappa shape index (κ3) is 3.10. The van der Waals surface area contributed by atoms with E-state index in [4.69, 9.17) is 0 Å². The van der Waals surface area contributed by atoms with Crippen LogP contribution in [0.15, 0.2) is 18.2 Å². The van der Waals surface area contributed by atoms with Crippen molar-refractivity contribution in [3.63, 3.8) is 0 Å². The largest absolute Gasteiger partial charge is 0.319 e. The molecule has 2 aromatic rings. The smallest absolute Gasteiger partial charge is 0.296 e. The first-order valence-corrected chi connectivity index (χ1v) is 6.83. The van der Waals surface area contributed by atoms with E-state index < -0.39 is 16.6 Å². The maximum atomic E-state index is 12.3. The van der Waals surface area contributed by atoms with Crippen LogP contribution in [0.4, 0.5) is 11.4 Å². The number of anilines is 1. The standard InChI is InChI=1S/C15H16N4O4/c1-8-5-6-11(19(22)23)7-12(8)16-15(21)14(20)13-9(2)17-18(4)10(13)3/h5-7H,1-4H3,(H,16,21). The fourth-order valence-electron chi connectivity index (χ4n) is 2.25. The van der Waals surface area contributed by atoms with Crippen molar-refractivity contribution in [2.75, 3.05) is 5.32 Å². The van der Waals surface area contributed by atoms with E-state index in [1.807, 2.05) is 0 Å². The second-order valence-electron chi connectivity index (χ2n) is 5.21. The summed E-state index contributed by atoms with van der Waals surface area (Å²) in [5.74, 6) is -1.58. The molecule has 0 atom stereocenters. The Balaban J connectivity index is 2.30.